The molecule has 3 unspecified atom stereocenters. The van der Waals surface area contributed by atoms with Gasteiger partial charge in [-0.1, -0.05) is 120 Å². The predicted octanol–water partition coefficient (Wildman–Crippen LogP) is 12.0. The summed E-state index contributed by atoms with van der Waals surface area (Å²) in [5.74, 6) is -0.317. The smallest absolute Gasteiger partial charge is 0.326 e. The number of pyridine rings is 2. The topological polar surface area (TPSA) is 189 Å². The first-order valence-corrected chi connectivity index (χ1v) is 26.1. The number of aromatic nitrogens is 2. The van der Waals surface area contributed by atoms with Gasteiger partial charge in [-0.3, -0.25) is 24.0 Å². The highest BCUT2D eigenvalue weighted by atomic mass is 16.5. The van der Waals surface area contributed by atoms with E-state index in [-0.39, 0.29) is 61.1 Å². The first-order chi connectivity index (χ1) is 35.9. The lowest BCUT2D eigenvalue weighted by Crippen LogP contribution is -2.40. The minimum absolute atomic E-state index is 0. The van der Waals surface area contributed by atoms with Gasteiger partial charge in [-0.25, -0.2) is 4.79 Å². The molecule has 0 spiro atoms. The molecule has 4 aromatic carbocycles. The number of nitrogens with zero attached hydrogens (tertiary/aromatic N) is 2. The zero-order chi connectivity index (χ0) is 54.3. The summed E-state index contributed by atoms with van der Waals surface area (Å²) in [7, 11) is 2.74. The van der Waals surface area contributed by atoms with E-state index in [1.54, 1.807) is 30.5 Å². The lowest BCUT2D eigenvalue weighted by molar-refractivity contribution is -0.142. The number of aliphatic carboxylic acids is 1. The van der Waals surface area contributed by atoms with Crippen molar-refractivity contribution in [3.05, 3.63) is 188 Å². The first kappa shape index (κ1) is 59.5. The molecule has 404 valence electrons. The number of esters is 2. The van der Waals surface area contributed by atoms with Crippen molar-refractivity contribution >= 4 is 23.8 Å². The van der Waals surface area contributed by atoms with Gasteiger partial charge in [0.1, 0.15) is 12.1 Å². The average Bonchev–Trinajstić information content (AvgIpc) is 4.34. The van der Waals surface area contributed by atoms with Crippen molar-refractivity contribution in [1.29, 1.82) is 0 Å². The molecule has 2 heterocycles. The molecule has 1 amide bonds. The second-order valence-electron chi connectivity index (χ2n) is 20.6. The van der Waals surface area contributed by atoms with Crippen LogP contribution in [0.5, 0.6) is 0 Å². The lowest BCUT2D eigenvalue weighted by Gasteiger charge is -2.26. The van der Waals surface area contributed by atoms with Crippen molar-refractivity contribution < 1.29 is 33.8 Å². The van der Waals surface area contributed by atoms with Crippen LogP contribution in [0.15, 0.2) is 143 Å². The number of methoxy groups -OCH3 is 2. The normalized spacial score (nSPS) is 14.3. The molecule has 0 saturated heterocycles. The lowest BCUT2D eigenvalue weighted by atomic mass is 9.89. The van der Waals surface area contributed by atoms with Crippen LogP contribution < -0.4 is 22.2 Å². The van der Waals surface area contributed by atoms with Crippen LogP contribution in [0.3, 0.4) is 0 Å². The number of carboxylic acids is 1. The monoisotopic (exact) mass is 1030 g/mol. The molecule has 0 radical (unpaired) electrons. The molecule has 2 saturated carbocycles. The second-order valence-corrected chi connectivity index (χ2v) is 20.6. The van der Waals surface area contributed by atoms with Gasteiger partial charge in [0.15, 0.2) is 0 Å². The van der Waals surface area contributed by atoms with Gasteiger partial charge in [0, 0.05) is 30.6 Å². The standard InChI is InChI=1S/C31H36N2O4.C20H23NO2.C11H15NO3.CH4/c1-20(2)17-28(33-16-8-7-11-29(33)34)31(36)32-27(19-30(35)37-4)23-14-15-25(22-12-13-22)26(18-23)24-10-6-5-9-21(24)3;1-13-5-3-4-6-16(13)18-11-15(19(21)12-20(22)23-2)9-10-17(18)14-7-8-14;1-8(2)7-9(11(14)15)12-6-4-3-5-10(12)13;/h5-11,14-16,18,20,22,27-28H,12-13,17,19H2,1-4H3,(H,32,36);3-6,9-11,14,19H,7-8,12,21H2,1-2H3;3-6,8-9H,7H2,1-2H3,(H,14,15);1H4/t;;9-;/m..0./s1. The highest BCUT2D eigenvalue weighted by Gasteiger charge is 2.31. The fourth-order valence-electron chi connectivity index (χ4n) is 9.43. The fourth-order valence-corrected chi connectivity index (χ4v) is 9.43. The van der Waals surface area contributed by atoms with E-state index in [2.05, 4.69) is 85.9 Å². The van der Waals surface area contributed by atoms with Crippen LogP contribution in [0.4, 0.5) is 0 Å². The Hall–Kier alpha value is -7.38. The largest absolute Gasteiger partial charge is 0.480 e. The summed E-state index contributed by atoms with van der Waals surface area (Å²) in [4.78, 5) is 72.6. The molecule has 4 N–H and O–H groups in total. The van der Waals surface area contributed by atoms with Crippen LogP contribution in [0.1, 0.15) is 156 Å². The SMILES string of the molecule is C.CC(C)C[C@@H](C(=O)O)n1ccccc1=O.COC(=O)CC(N)c1ccc(C2CC2)c(-c2ccccc2C)c1.COC(=O)CC(NC(=O)C(CC(C)C)n1ccccc1=O)c1ccc(C2CC2)c(-c2ccccc2C)c1. The predicted molar refractivity (Wildman–Crippen MR) is 301 cm³/mol. The number of carbonyl (C=O) groups is 4. The minimum Gasteiger partial charge on any atom is -0.480 e. The Morgan fingerprint density at radius 2 is 1.01 bits per heavy atom. The Morgan fingerprint density at radius 1 is 0.592 bits per heavy atom. The van der Waals surface area contributed by atoms with Gasteiger partial charge in [-0.2, -0.15) is 0 Å². The van der Waals surface area contributed by atoms with Crippen LogP contribution in [0.2, 0.25) is 0 Å². The molecule has 2 aromatic heterocycles. The van der Waals surface area contributed by atoms with Gasteiger partial charge in [-0.15, -0.1) is 0 Å². The van der Waals surface area contributed by atoms with E-state index in [9.17, 15) is 28.8 Å². The third-order valence-corrected chi connectivity index (χ3v) is 13.8. The molecule has 0 bridgehead atoms. The maximum absolute atomic E-state index is 13.7. The van der Waals surface area contributed by atoms with Crippen LogP contribution in [-0.2, 0) is 28.7 Å². The molecule has 76 heavy (non-hydrogen) atoms. The zero-order valence-corrected chi connectivity index (χ0v) is 44.7. The van der Waals surface area contributed by atoms with E-state index < -0.39 is 30.1 Å². The molecule has 0 aliphatic heterocycles. The average molecular weight is 1040 g/mol. The van der Waals surface area contributed by atoms with Crippen LogP contribution in [0.25, 0.3) is 22.3 Å². The van der Waals surface area contributed by atoms with Crippen LogP contribution >= 0.6 is 0 Å². The van der Waals surface area contributed by atoms with Gasteiger partial charge in [-0.05, 0) is 156 Å². The van der Waals surface area contributed by atoms with E-state index in [0.717, 1.165) is 22.3 Å². The number of nitrogens with one attached hydrogen (secondary N) is 1. The van der Waals surface area contributed by atoms with Gasteiger partial charge in [0.05, 0.1) is 33.1 Å². The van der Waals surface area contributed by atoms with Gasteiger partial charge in [0.2, 0.25) is 5.91 Å². The van der Waals surface area contributed by atoms with E-state index in [1.807, 2.05) is 45.9 Å². The molecule has 2 fully saturated rings. The Labute approximate surface area is 448 Å². The van der Waals surface area contributed by atoms with Gasteiger partial charge < -0.3 is 34.8 Å². The Balaban J connectivity index is 0.000000232. The number of carbonyl (C=O) groups excluding carboxylic acids is 3. The summed E-state index contributed by atoms with van der Waals surface area (Å²) in [5, 5.41) is 12.1. The number of aryl methyl sites for hydroxylation is 2. The number of nitrogens with two attached hydrogens (primary N) is 1. The van der Waals surface area contributed by atoms with Crippen molar-refractivity contribution in [2.75, 3.05) is 14.2 Å². The second kappa shape index (κ2) is 28.0. The maximum Gasteiger partial charge on any atom is 0.326 e. The van der Waals surface area contributed by atoms with Crippen molar-refractivity contribution in [3.8, 4) is 22.3 Å². The molecule has 13 heteroatoms. The quantitative estimate of drug-likeness (QED) is 0.0658. The molecular formula is C63H78N4O9. The molecular weight excluding hydrogens is 957 g/mol. The summed E-state index contributed by atoms with van der Waals surface area (Å²) in [6.07, 6.45) is 9.16. The third-order valence-electron chi connectivity index (χ3n) is 13.8. The molecule has 8 rings (SSSR count). The number of ether oxygens (including phenoxy) is 2. The van der Waals surface area contributed by atoms with Crippen LogP contribution in [-0.4, -0.2) is 52.3 Å². The summed E-state index contributed by atoms with van der Waals surface area (Å²) < 4.78 is 12.4. The maximum atomic E-state index is 13.7. The van der Waals surface area contributed by atoms with Crippen LogP contribution in [0, 0.1) is 25.7 Å². The van der Waals surface area contributed by atoms with Crippen molar-refractivity contribution in [1.82, 2.24) is 14.5 Å². The number of benzene rings is 4. The Bertz CT molecular complexity index is 3040. The van der Waals surface area contributed by atoms with Crippen molar-refractivity contribution in [3.63, 3.8) is 0 Å². The number of rotatable bonds is 19. The summed E-state index contributed by atoms with van der Waals surface area (Å²) in [6.45, 7) is 12.1. The number of carboxylic acid groups (broad SMARTS) is 1. The zero-order valence-electron chi connectivity index (χ0n) is 44.7. The fraction of sp³-hybridized carbons (Fsp3) is 0.397. The third kappa shape index (κ3) is 16.3. The van der Waals surface area contributed by atoms with E-state index in [4.69, 9.17) is 20.3 Å². The Kier molecular flexibility index (Phi) is 21.9. The number of hydrogen-bond acceptors (Lipinski definition) is 9. The highest BCUT2D eigenvalue weighted by molar-refractivity contribution is 5.82. The minimum atomic E-state index is -0.961. The van der Waals surface area contributed by atoms with Crippen molar-refractivity contribution in [2.24, 2.45) is 17.6 Å². The summed E-state index contributed by atoms with van der Waals surface area (Å²) >= 11 is 0. The van der Waals surface area contributed by atoms with Gasteiger partial charge >= 0.3 is 17.9 Å². The van der Waals surface area contributed by atoms with Gasteiger partial charge in [0.25, 0.3) is 11.1 Å². The number of hydrogen-bond donors (Lipinski definition) is 3. The molecule has 2 aliphatic rings. The molecule has 13 nitrogen and oxygen atoms in total. The van der Waals surface area contributed by atoms with Crippen molar-refractivity contribution in [2.45, 2.75) is 136 Å². The summed E-state index contributed by atoms with van der Waals surface area (Å²) in [5.41, 5.74) is 17.4. The first-order valence-electron chi connectivity index (χ1n) is 26.1. The Morgan fingerprint density at radius 3 is 1.45 bits per heavy atom. The molecule has 6 aromatic rings. The molecule has 2 aliphatic carbocycles. The van der Waals surface area contributed by atoms with E-state index in [0.29, 0.717) is 24.7 Å². The number of amides is 1. The van der Waals surface area contributed by atoms with E-state index >= 15 is 0 Å². The highest BCUT2D eigenvalue weighted by Crippen LogP contribution is 2.47. The molecule has 4 atom stereocenters. The van der Waals surface area contributed by atoms with E-state index in [1.165, 1.54) is 101 Å². The summed E-state index contributed by atoms with van der Waals surface area (Å²) in [6, 6.07) is 36.5.